The Morgan fingerprint density at radius 2 is 1.88 bits per heavy atom. The molecule has 4 fully saturated rings. The molecule has 2 nitrogen and oxygen atoms in total. The van der Waals surface area contributed by atoms with E-state index in [1.54, 1.807) is 0 Å². The zero-order chi connectivity index (χ0) is 11.4. The van der Waals surface area contributed by atoms with Crippen LogP contribution < -0.4 is 5.11 Å². The minimum atomic E-state index is -0.876. The van der Waals surface area contributed by atoms with Gasteiger partial charge >= 0.3 is 0 Å². The summed E-state index contributed by atoms with van der Waals surface area (Å²) in [7, 11) is 0. The second kappa shape index (κ2) is 3.47. The van der Waals surface area contributed by atoms with Gasteiger partial charge in [0.2, 0.25) is 0 Å². The molecule has 90 valence electrons. The first kappa shape index (κ1) is 11.1. The van der Waals surface area contributed by atoms with Crippen molar-refractivity contribution in [2.75, 3.05) is 0 Å². The van der Waals surface area contributed by atoms with Gasteiger partial charge in [0.05, 0.1) is 0 Å². The summed E-state index contributed by atoms with van der Waals surface area (Å²) < 4.78 is 0.350. The monoisotopic (exact) mass is 285 g/mol. The fourth-order valence-electron chi connectivity index (χ4n) is 5.00. The number of carbonyl (C=O) groups is 1. The molecule has 0 aromatic carbocycles. The van der Waals surface area contributed by atoms with E-state index < -0.39 is 5.97 Å². The van der Waals surface area contributed by atoms with Crippen LogP contribution in [0.5, 0.6) is 0 Å². The van der Waals surface area contributed by atoms with Gasteiger partial charge < -0.3 is 9.90 Å². The first-order chi connectivity index (χ1) is 7.49. The zero-order valence-corrected chi connectivity index (χ0v) is 11.1. The third-order valence-electron chi connectivity index (χ3n) is 4.97. The molecule has 2 atom stereocenters. The van der Waals surface area contributed by atoms with Crippen LogP contribution in [0.3, 0.4) is 0 Å². The van der Waals surface area contributed by atoms with Gasteiger partial charge in [-0.3, -0.25) is 0 Å². The van der Waals surface area contributed by atoms with E-state index in [1.807, 2.05) is 0 Å². The Morgan fingerprint density at radius 3 is 2.38 bits per heavy atom. The number of carbonyl (C=O) groups excluding carboxylic acids is 1. The van der Waals surface area contributed by atoms with Gasteiger partial charge in [0, 0.05) is 10.3 Å². The maximum absolute atomic E-state index is 10.6. The van der Waals surface area contributed by atoms with Gasteiger partial charge in [-0.25, -0.2) is 0 Å². The highest BCUT2D eigenvalue weighted by Gasteiger charge is 2.56. The number of hydrogen-bond acceptors (Lipinski definition) is 2. The fraction of sp³-hybridized carbons (Fsp3) is 0.923. The molecule has 0 heterocycles. The summed E-state index contributed by atoms with van der Waals surface area (Å²) in [5.41, 5.74) is 0.327. The Balaban J connectivity index is 1.78. The highest BCUT2D eigenvalue weighted by atomic mass is 79.9. The van der Waals surface area contributed by atoms with Crippen molar-refractivity contribution in [2.45, 2.75) is 55.7 Å². The standard InChI is InChI=1S/C13H19BrO2/c14-13-6-9-3-10(7-13)5-12(4-9,8-13)2-1-11(15)16/h9-10H,1-8H2,(H,15,16)/p-1/t9-,10-,12?,13?/m0/s1. The maximum Gasteiger partial charge on any atom is 0.0414 e. The molecule has 0 radical (unpaired) electrons. The molecule has 0 unspecified atom stereocenters. The van der Waals surface area contributed by atoms with Crippen LogP contribution in [-0.2, 0) is 4.79 Å². The second-order valence-corrected chi connectivity index (χ2v) is 8.17. The van der Waals surface area contributed by atoms with Gasteiger partial charge in [-0.05, 0) is 68.6 Å². The van der Waals surface area contributed by atoms with Gasteiger partial charge in [-0.15, -0.1) is 0 Å². The van der Waals surface area contributed by atoms with Crippen LogP contribution in [-0.4, -0.2) is 10.3 Å². The Hall–Kier alpha value is -0.0500. The molecule has 16 heavy (non-hydrogen) atoms. The molecule has 0 aromatic rings. The molecular weight excluding hydrogens is 268 g/mol. The summed E-state index contributed by atoms with van der Waals surface area (Å²) in [6.07, 6.45) is 8.85. The Labute approximate surface area is 105 Å². The van der Waals surface area contributed by atoms with Gasteiger partial charge in [0.25, 0.3) is 0 Å². The smallest absolute Gasteiger partial charge is 0.0414 e. The highest BCUT2D eigenvalue weighted by Crippen LogP contribution is 2.65. The second-order valence-electron chi connectivity index (χ2n) is 6.48. The van der Waals surface area contributed by atoms with Crippen molar-refractivity contribution in [1.29, 1.82) is 0 Å². The van der Waals surface area contributed by atoms with Crippen LogP contribution in [0, 0.1) is 17.3 Å². The van der Waals surface area contributed by atoms with E-state index in [9.17, 15) is 9.90 Å². The number of alkyl halides is 1. The van der Waals surface area contributed by atoms with E-state index in [1.165, 1.54) is 38.5 Å². The van der Waals surface area contributed by atoms with Crippen LogP contribution in [0.4, 0.5) is 0 Å². The molecule has 0 saturated heterocycles. The highest BCUT2D eigenvalue weighted by molar-refractivity contribution is 9.10. The van der Waals surface area contributed by atoms with Crippen LogP contribution in [0.15, 0.2) is 0 Å². The Bertz CT molecular complexity index is 312. The number of carboxylic acids is 1. The van der Waals surface area contributed by atoms with Crippen LogP contribution in [0.1, 0.15) is 51.4 Å². The van der Waals surface area contributed by atoms with Crippen molar-refractivity contribution in [3.8, 4) is 0 Å². The zero-order valence-electron chi connectivity index (χ0n) is 9.51. The van der Waals surface area contributed by atoms with E-state index in [0.717, 1.165) is 18.3 Å². The SMILES string of the molecule is O=C([O-])CCC12C[C@@H]3C[C@H](CC(Br)(C3)C1)C2. The predicted molar refractivity (Wildman–Crippen MR) is 63.0 cm³/mol. The quantitative estimate of drug-likeness (QED) is 0.747. The third-order valence-corrected chi connectivity index (χ3v) is 5.90. The number of carboxylic acid groups (broad SMARTS) is 1. The van der Waals surface area contributed by atoms with Gasteiger partial charge in [0.15, 0.2) is 0 Å². The predicted octanol–water partition coefficient (Wildman–Crippen LogP) is 2.25. The van der Waals surface area contributed by atoms with Crippen molar-refractivity contribution in [2.24, 2.45) is 17.3 Å². The molecule has 4 rings (SSSR count). The van der Waals surface area contributed by atoms with Crippen molar-refractivity contribution in [3.05, 3.63) is 0 Å². The molecule has 3 heteroatoms. The lowest BCUT2D eigenvalue weighted by molar-refractivity contribution is -0.306. The molecular formula is C13H18BrO2-. The number of rotatable bonds is 3. The summed E-state index contributed by atoms with van der Waals surface area (Å²) >= 11 is 3.94. The summed E-state index contributed by atoms with van der Waals surface area (Å²) in [5.74, 6) is 0.823. The average Bonchev–Trinajstić information content (AvgIpc) is 2.10. The molecule has 4 aliphatic carbocycles. The fourth-order valence-corrected chi connectivity index (χ4v) is 6.51. The topological polar surface area (TPSA) is 40.1 Å². The van der Waals surface area contributed by atoms with E-state index in [0.29, 0.717) is 9.74 Å². The Morgan fingerprint density at radius 1 is 1.25 bits per heavy atom. The molecule has 4 bridgehead atoms. The van der Waals surface area contributed by atoms with Crippen LogP contribution in [0.25, 0.3) is 0 Å². The molecule has 0 amide bonds. The first-order valence-corrected chi connectivity index (χ1v) is 7.17. The largest absolute Gasteiger partial charge is 0.550 e. The summed E-state index contributed by atoms with van der Waals surface area (Å²) in [6.45, 7) is 0. The van der Waals surface area contributed by atoms with Crippen molar-refractivity contribution >= 4 is 21.9 Å². The van der Waals surface area contributed by atoms with Gasteiger partial charge in [0.1, 0.15) is 0 Å². The van der Waals surface area contributed by atoms with E-state index in [4.69, 9.17) is 0 Å². The number of halogens is 1. The summed E-state index contributed by atoms with van der Waals surface area (Å²) in [5, 5.41) is 10.6. The maximum atomic E-state index is 10.6. The van der Waals surface area contributed by atoms with Crippen molar-refractivity contribution in [1.82, 2.24) is 0 Å². The molecule has 4 aliphatic rings. The minimum Gasteiger partial charge on any atom is -0.550 e. The van der Waals surface area contributed by atoms with Gasteiger partial charge in [-0.2, -0.15) is 0 Å². The third kappa shape index (κ3) is 1.81. The Kier molecular flexibility index (Phi) is 2.40. The normalized spacial score (nSPS) is 49.6. The molecule has 4 saturated carbocycles. The average molecular weight is 286 g/mol. The number of aliphatic carboxylic acids is 1. The van der Waals surface area contributed by atoms with Crippen LogP contribution >= 0.6 is 15.9 Å². The molecule has 0 N–H and O–H groups in total. The first-order valence-electron chi connectivity index (χ1n) is 6.38. The van der Waals surface area contributed by atoms with E-state index in [2.05, 4.69) is 15.9 Å². The summed E-state index contributed by atoms with van der Waals surface area (Å²) in [6, 6.07) is 0. The molecule has 0 aliphatic heterocycles. The van der Waals surface area contributed by atoms with Gasteiger partial charge in [-0.1, -0.05) is 15.9 Å². The summed E-state index contributed by atoms with van der Waals surface area (Å²) in [4.78, 5) is 10.6. The molecule has 0 spiro atoms. The lowest BCUT2D eigenvalue weighted by atomic mass is 9.48. The van der Waals surface area contributed by atoms with E-state index >= 15 is 0 Å². The minimum absolute atomic E-state index is 0.252. The van der Waals surface area contributed by atoms with E-state index in [-0.39, 0.29) is 6.42 Å². The van der Waals surface area contributed by atoms with Crippen LogP contribution in [0.2, 0.25) is 0 Å². The lowest BCUT2D eigenvalue weighted by Crippen LogP contribution is -2.53. The number of hydrogen-bond donors (Lipinski definition) is 0. The lowest BCUT2D eigenvalue weighted by Gasteiger charge is -2.60. The van der Waals surface area contributed by atoms with Crippen molar-refractivity contribution < 1.29 is 9.90 Å². The van der Waals surface area contributed by atoms with Crippen molar-refractivity contribution in [3.63, 3.8) is 0 Å². The molecule has 0 aromatic heterocycles.